The van der Waals surface area contributed by atoms with Crippen molar-refractivity contribution in [3.8, 4) is 0 Å². The lowest BCUT2D eigenvalue weighted by Gasteiger charge is -2.24. The van der Waals surface area contributed by atoms with E-state index in [1.807, 2.05) is 20.8 Å². The summed E-state index contributed by atoms with van der Waals surface area (Å²) in [5.74, 6) is 0.0823. The van der Waals surface area contributed by atoms with E-state index in [1.54, 1.807) is 6.08 Å². The number of hydrogen-bond donors (Lipinski definition) is 2. The molecule has 4 nitrogen and oxygen atoms in total. The summed E-state index contributed by atoms with van der Waals surface area (Å²) < 4.78 is 22.2. The number of sulfone groups is 1. The van der Waals surface area contributed by atoms with E-state index in [0.717, 1.165) is 0 Å². The van der Waals surface area contributed by atoms with E-state index >= 15 is 0 Å². The Morgan fingerprint density at radius 3 is 2.47 bits per heavy atom. The van der Waals surface area contributed by atoms with Crippen molar-refractivity contribution in [3.05, 3.63) is 11.5 Å². The zero-order valence-electron chi connectivity index (χ0n) is 9.07. The average molecular weight is 248 g/mol. The predicted octanol–water partition coefficient (Wildman–Crippen LogP) is 0.560. The van der Waals surface area contributed by atoms with Crippen molar-refractivity contribution < 1.29 is 8.42 Å². The minimum Gasteiger partial charge on any atom is -0.358 e. The number of hydrogen-bond acceptors (Lipinski definition) is 3. The van der Waals surface area contributed by atoms with Crippen LogP contribution in [0.5, 0.6) is 0 Å². The third kappa shape index (κ3) is 4.61. The van der Waals surface area contributed by atoms with Crippen LogP contribution in [-0.2, 0) is 9.84 Å². The molecular weight excluding hydrogens is 232 g/mol. The maximum Gasteiger partial charge on any atom is 0.173 e. The van der Waals surface area contributed by atoms with Gasteiger partial charge in [0.2, 0.25) is 0 Å². The van der Waals surface area contributed by atoms with Crippen molar-refractivity contribution in [2.45, 2.75) is 32.4 Å². The summed E-state index contributed by atoms with van der Waals surface area (Å²) in [6.07, 6.45) is 1.62. The first kappa shape index (κ1) is 12.4. The van der Waals surface area contributed by atoms with Gasteiger partial charge in [-0.2, -0.15) is 0 Å². The van der Waals surface area contributed by atoms with Gasteiger partial charge in [0.15, 0.2) is 14.9 Å². The second-order valence-electron chi connectivity index (χ2n) is 4.61. The van der Waals surface area contributed by atoms with Gasteiger partial charge in [0.1, 0.15) is 0 Å². The summed E-state index contributed by atoms with van der Waals surface area (Å²) in [6, 6.07) is -0.211. The van der Waals surface area contributed by atoms with Gasteiger partial charge < -0.3 is 10.6 Å². The lowest BCUT2D eigenvalue weighted by atomic mass is 10.1. The molecule has 0 aliphatic carbocycles. The van der Waals surface area contributed by atoms with Crippen LogP contribution in [0.15, 0.2) is 11.5 Å². The Kier molecular flexibility index (Phi) is 3.40. The van der Waals surface area contributed by atoms with E-state index in [2.05, 4.69) is 10.6 Å². The molecule has 86 valence electrons. The lowest BCUT2D eigenvalue weighted by Crippen LogP contribution is -2.49. The minimum absolute atomic E-state index is 0.0823. The molecule has 1 heterocycles. The zero-order chi connectivity index (χ0) is 11.7. The molecule has 0 bridgehead atoms. The summed E-state index contributed by atoms with van der Waals surface area (Å²) in [7, 11) is -3.02. The molecule has 6 heteroatoms. The molecule has 0 radical (unpaired) electrons. The summed E-state index contributed by atoms with van der Waals surface area (Å²) in [5.41, 5.74) is -0.120. The number of thiocarbonyl (C=S) groups is 1. The average Bonchev–Trinajstić information content (AvgIpc) is 2.25. The summed E-state index contributed by atoms with van der Waals surface area (Å²) >= 11 is 5.06. The molecule has 1 atom stereocenters. The Bertz CT molecular complexity index is 379. The fourth-order valence-electron chi connectivity index (χ4n) is 1.21. The molecule has 0 saturated heterocycles. The van der Waals surface area contributed by atoms with E-state index in [9.17, 15) is 8.42 Å². The van der Waals surface area contributed by atoms with Gasteiger partial charge in [-0.1, -0.05) is 0 Å². The molecule has 0 fully saturated rings. The molecule has 0 aromatic heterocycles. The van der Waals surface area contributed by atoms with Crippen molar-refractivity contribution in [3.63, 3.8) is 0 Å². The van der Waals surface area contributed by atoms with Crippen molar-refractivity contribution in [1.29, 1.82) is 0 Å². The van der Waals surface area contributed by atoms with Gasteiger partial charge in [0, 0.05) is 10.9 Å². The van der Waals surface area contributed by atoms with E-state index in [-0.39, 0.29) is 17.3 Å². The molecule has 1 rings (SSSR count). The Morgan fingerprint density at radius 2 is 2.07 bits per heavy atom. The van der Waals surface area contributed by atoms with Gasteiger partial charge in [-0.25, -0.2) is 8.42 Å². The summed E-state index contributed by atoms with van der Waals surface area (Å²) in [4.78, 5) is 0. The van der Waals surface area contributed by atoms with Gasteiger partial charge in [-0.05, 0) is 39.1 Å². The maximum absolute atomic E-state index is 11.1. The number of nitrogens with one attached hydrogen (secondary N) is 2. The quantitative estimate of drug-likeness (QED) is 0.664. The van der Waals surface area contributed by atoms with Gasteiger partial charge in [0.25, 0.3) is 0 Å². The van der Waals surface area contributed by atoms with Crippen molar-refractivity contribution in [2.24, 2.45) is 0 Å². The standard InChI is InChI=1S/C9H16N2O2S2/c1-9(2,3)11-8(14)10-7-4-5-15(12,13)6-7/h4-5,7H,6H2,1-3H3,(H2,10,11,14). The summed E-state index contributed by atoms with van der Waals surface area (Å²) in [6.45, 7) is 5.96. The first-order valence-corrected chi connectivity index (χ1v) is 6.80. The second kappa shape index (κ2) is 4.09. The van der Waals surface area contributed by atoms with Crippen LogP contribution < -0.4 is 10.6 Å². The Labute approximate surface area is 96.0 Å². The molecule has 0 aromatic carbocycles. The lowest BCUT2D eigenvalue weighted by molar-refractivity contribution is 0.505. The third-order valence-electron chi connectivity index (χ3n) is 1.74. The fraction of sp³-hybridized carbons (Fsp3) is 0.667. The summed E-state index contributed by atoms with van der Waals surface area (Å²) in [5, 5.41) is 7.72. The molecule has 0 spiro atoms. The van der Waals surface area contributed by atoms with E-state index < -0.39 is 9.84 Å². The second-order valence-corrected chi connectivity index (χ2v) is 6.95. The SMILES string of the molecule is CC(C)(C)NC(=S)NC1C=CS(=O)(=O)C1. The van der Waals surface area contributed by atoms with Crippen LogP contribution in [0.2, 0.25) is 0 Å². The maximum atomic E-state index is 11.1. The van der Waals surface area contributed by atoms with Crippen molar-refractivity contribution in [1.82, 2.24) is 10.6 Å². The van der Waals surface area contributed by atoms with Crippen LogP contribution in [-0.4, -0.2) is 30.9 Å². The Balaban J connectivity index is 2.45. The topological polar surface area (TPSA) is 58.2 Å². The first-order chi connectivity index (χ1) is 6.68. The molecule has 2 N–H and O–H groups in total. The van der Waals surface area contributed by atoms with Gasteiger partial charge in [-0.3, -0.25) is 0 Å². The van der Waals surface area contributed by atoms with Crippen LogP contribution in [0.1, 0.15) is 20.8 Å². The monoisotopic (exact) mass is 248 g/mol. The molecule has 15 heavy (non-hydrogen) atoms. The highest BCUT2D eigenvalue weighted by atomic mass is 32.2. The first-order valence-electron chi connectivity index (χ1n) is 4.68. The molecule has 0 saturated carbocycles. The van der Waals surface area contributed by atoms with E-state index in [1.165, 1.54) is 5.41 Å². The van der Waals surface area contributed by atoms with Gasteiger partial charge in [-0.15, -0.1) is 0 Å². The van der Waals surface area contributed by atoms with Crippen LogP contribution in [0.3, 0.4) is 0 Å². The Morgan fingerprint density at radius 1 is 1.47 bits per heavy atom. The van der Waals surface area contributed by atoms with Crippen molar-refractivity contribution >= 4 is 27.2 Å². The minimum atomic E-state index is -3.02. The molecule has 1 aliphatic heterocycles. The van der Waals surface area contributed by atoms with E-state index in [4.69, 9.17) is 12.2 Å². The highest BCUT2D eigenvalue weighted by molar-refractivity contribution is 7.94. The normalized spacial score (nSPS) is 23.8. The van der Waals surface area contributed by atoms with Crippen LogP contribution in [0.4, 0.5) is 0 Å². The van der Waals surface area contributed by atoms with Crippen LogP contribution >= 0.6 is 12.2 Å². The molecule has 1 unspecified atom stereocenters. The fourth-order valence-corrected chi connectivity index (χ4v) is 2.90. The molecule has 1 aliphatic rings. The van der Waals surface area contributed by atoms with Crippen molar-refractivity contribution in [2.75, 3.05) is 5.75 Å². The van der Waals surface area contributed by atoms with Crippen LogP contribution in [0.25, 0.3) is 0 Å². The van der Waals surface area contributed by atoms with E-state index in [0.29, 0.717) is 5.11 Å². The van der Waals surface area contributed by atoms with Gasteiger partial charge in [0.05, 0.1) is 11.8 Å². The molecule has 0 amide bonds. The third-order valence-corrected chi connectivity index (χ3v) is 3.35. The van der Waals surface area contributed by atoms with Gasteiger partial charge >= 0.3 is 0 Å². The largest absolute Gasteiger partial charge is 0.358 e. The Hall–Kier alpha value is -0.620. The molecular formula is C9H16N2O2S2. The highest BCUT2D eigenvalue weighted by Gasteiger charge is 2.22. The zero-order valence-corrected chi connectivity index (χ0v) is 10.7. The van der Waals surface area contributed by atoms with Crippen LogP contribution in [0, 0.1) is 0 Å². The predicted molar refractivity (Wildman–Crippen MR) is 65.3 cm³/mol. The number of rotatable bonds is 1. The highest BCUT2D eigenvalue weighted by Crippen LogP contribution is 2.08. The molecule has 0 aromatic rings. The smallest absolute Gasteiger partial charge is 0.173 e.